The Hall–Kier alpha value is -2.83. The van der Waals surface area contributed by atoms with Crippen molar-refractivity contribution in [3.63, 3.8) is 0 Å². The Balaban J connectivity index is 1.95. The summed E-state index contributed by atoms with van der Waals surface area (Å²) < 4.78 is 63.6. The molecule has 1 unspecified atom stereocenters. The predicted molar refractivity (Wildman–Crippen MR) is 101 cm³/mol. The minimum atomic E-state index is -4.69. The predicted octanol–water partition coefficient (Wildman–Crippen LogP) is 3.11. The highest BCUT2D eigenvalue weighted by Crippen LogP contribution is 2.36. The van der Waals surface area contributed by atoms with Gasteiger partial charge in [0.15, 0.2) is 0 Å². The number of benzene rings is 1. The van der Waals surface area contributed by atoms with Crippen LogP contribution < -0.4 is 5.32 Å². The number of aromatic nitrogens is 4. The van der Waals surface area contributed by atoms with Crippen molar-refractivity contribution in [2.75, 3.05) is 5.32 Å². The molecule has 12 heteroatoms. The van der Waals surface area contributed by atoms with Crippen molar-refractivity contribution in [1.82, 2.24) is 19.7 Å². The van der Waals surface area contributed by atoms with E-state index in [2.05, 4.69) is 20.4 Å². The molecular weight excluding hydrogens is 423 g/mol. The van der Waals surface area contributed by atoms with Crippen molar-refractivity contribution in [2.24, 2.45) is 0 Å². The van der Waals surface area contributed by atoms with E-state index in [4.69, 9.17) is 0 Å². The summed E-state index contributed by atoms with van der Waals surface area (Å²) in [7, 11) is 0. The van der Waals surface area contributed by atoms with Gasteiger partial charge < -0.3 is 15.0 Å². The largest absolute Gasteiger partial charge is 0.768 e. The van der Waals surface area contributed by atoms with E-state index >= 15 is 0 Å². The number of rotatable bonds is 6. The lowest BCUT2D eigenvalue weighted by Crippen LogP contribution is -2.26. The van der Waals surface area contributed by atoms with Crippen LogP contribution in [0.2, 0.25) is 0 Å². The Morgan fingerprint density at radius 3 is 2.43 bits per heavy atom. The van der Waals surface area contributed by atoms with Crippen molar-refractivity contribution < 1.29 is 27.0 Å². The zero-order valence-electron chi connectivity index (χ0n) is 15.8. The fourth-order valence-electron chi connectivity index (χ4n) is 2.62. The first-order chi connectivity index (χ1) is 13.9. The number of hydrogen-bond acceptors (Lipinski definition) is 7. The van der Waals surface area contributed by atoms with Gasteiger partial charge in [0.1, 0.15) is 5.56 Å². The Morgan fingerprint density at radius 2 is 1.87 bits per heavy atom. The van der Waals surface area contributed by atoms with Gasteiger partial charge in [0, 0.05) is 28.5 Å². The molecule has 1 atom stereocenters. The van der Waals surface area contributed by atoms with Gasteiger partial charge in [-0.15, -0.1) is 0 Å². The van der Waals surface area contributed by atoms with Crippen LogP contribution in [-0.4, -0.2) is 39.2 Å². The van der Waals surface area contributed by atoms with Crippen LogP contribution in [0.25, 0.3) is 11.3 Å². The number of aliphatic hydroxyl groups is 1. The molecule has 2 heterocycles. The zero-order chi connectivity index (χ0) is 22.1. The van der Waals surface area contributed by atoms with Gasteiger partial charge in [0.05, 0.1) is 24.0 Å². The van der Waals surface area contributed by atoms with Crippen molar-refractivity contribution in [3.8, 4) is 11.3 Å². The summed E-state index contributed by atoms with van der Waals surface area (Å²) in [6.07, 6.45) is -1.44. The van der Waals surface area contributed by atoms with E-state index in [-0.39, 0.29) is 28.6 Å². The first-order valence-electron chi connectivity index (χ1n) is 8.58. The zero-order valence-corrected chi connectivity index (χ0v) is 16.7. The van der Waals surface area contributed by atoms with Crippen LogP contribution in [0, 0.1) is 0 Å². The molecule has 0 radical (unpaired) electrons. The van der Waals surface area contributed by atoms with Gasteiger partial charge in [-0.25, -0.2) is 9.97 Å². The van der Waals surface area contributed by atoms with Crippen molar-refractivity contribution in [1.29, 1.82) is 0 Å². The molecule has 3 aromatic rings. The Kier molecular flexibility index (Phi) is 5.92. The monoisotopic (exact) mass is 440 g/mol. The van der Waals surface area contributed by atoms with Gasteiger partial charge >= 0.3 is 6.18 Å². The smallest absolute Gasteiger partial charge is 0.419 e. The molecule has 0 aliphatic heterocycles. The molecule has 0 amide bonds. The molecule has 30 heavy (non-hydrogen) atoms. The second kappa shape index (κ2) is 8.13. The Labute approximate surface area is 172 Å². The molecule has 2 N–H and O–H groups in total. The van der Waals surface area contributed by atoms with Crippen molar-refractivity contribution in [3.05, 3.63) is 48.4 Å². The standard InChI is InChI=1S/C18H18F3N5O3S/c1-17(2,27)10-26-9-11(7-23-26)15-14(18(19,20)21)8-22-16(25-15)24-12-3-5-13(6-4-12)30(28)29/h3-9,27H,10H2,1-2H3,(H,28,29)(H,22,24,25)/p-1. The molecule has 0 aliphatic carbocycles. The third-order valence-electron chi connectivity index (χ3n) is 3.85. The first kappa shape index (κ1) is 21.9. The summed E-state index contributed by atoms with van der Waals surface area (Å²) in [5.41, 5.74) is -2.01. The van der Waals surface area contributed by atoms with Crippen LogP contribution in [-0.2, 0) is 23.8 Å². The third kappa shape index (κ3) is 5.40. The van der Waals surface area contributed by atoms with E-state index in [1.807, 2.05) is 0 Å². The maximum atomic E-state index is 13.5. The van der Waals surface area contributed by atoms with Gasteiger partial charge in [0.25, 0.3) is 0 Å². The second-order valence-corrected chi connectivity index (χ2v) is 8.02. The average Bonchev–Trinajstić information content (AvgIpc) is 3.07. The fraction of sp³-hybridized carbons (Fsp3) is 0.278. The maximum absolute atomic E-state index is 13.5. The van der Waals surface area contributed by atoms with Crippen molar-refractivity contribution >= 4 is 22.7 Å². The SMILES string of the molecule is CC(C)(O)Cn1cc(-c2nc(Nc3ccc(S(=O)[O-])cc3)ncc2C(F)(F)F)cn1. The summed E-state index contributed by atoms with van der Waals surface area (Å²) in [4.78, 5) is 7.78. The molecule has 160 valence electrons. The topological polar surface area (TPSA) is 116 Å². The van der Waals surface area contributed by atoms with Crippen LogP contribution >= 0.6 is 0 Å². The number of alkyl halides is 3. The van der Waals surface area contributed by atoms with Crippen molar-refractivity contribution in [2.45, 2.75) is 37.1 Å². The quantitative estimate of drug-likeness (QED) is 0.566. The normalized spacial score (nSPS) is 13.3. The first-order valence-corrected chi connectivity index (χ1v) is 9.66. The van der Waals surface area contributed by atoms with E-state index in [9.17, 15) is 27.0 Å². The third-order valence-corrected chi connectivity index (χ3v) is 4.51. The van der Waals surface area contributed by atoms with E-state index in [0.29, 0.717) is 11.9 Å². The summed E-state index contributed by atoms with van der Waals surface area (Å²) in [6, 6.07) is 5.54. The summed E-state index contributed by atoms with van der Waals surface area (Å²) >= 11 is -2.39. The molecule has 0 fully saturated rings. The number of hydrogen-bond donors (Lipinski definition) is 2. The molecule has 2 aromatic heterocycles. The highest BCUT2D eigenvalue weighted by atomic mass is 32.2. The van der Waals surface area contributed by atoms with Crippen LogP contribution in [0.15, 0.2) is 47.8 Å². The number of anilines is 2. The molecule has 0 spiro atoms. The Bertz CT molecular complexity index is 1060. The number of nitrogens with zero attached hydrogens (tertiary/aromatic N) is 4. The second-order valence-electron chi connectivity index (χ2n) is 7.08. The number of halogens is 3. The minimum absolute atomic E-state index is 0.0637. The molecule has 3 rings (SSSR count). The molecule has 1 aromatic carbocycles. The van der Waals surface area contributed by atoms with Gasteiger partial charge in [-0.1, -0.05) is 0 Å². The molecule has 8 nitrogen and oxygen atoms in total. The molecule has 0 saturated carbocycles. The summed E-state index contributed by atoms with van der Waals surface area (Å²) in [5, 5.41) is 16.6. The van der Waals surface area contributed by atoms with Gasteiger partial charge in [-0.2, -0.15) is 18.3 Å². The van der Waals surface area contributed by atoms with Crippen LogP contribution in [0.5, 0.6) is 0 Å². The molecule has 0 bridgehead atoms. The highest BCUT2D eigenvalue weighted by Gasteiger charge is 2.36. The van der Waals surface area contributed by atoms with Crippen LogP contribution in [0.1, 0.15) is 19.4 Å². The lowest BCUT2D eigenvalue weighted by molar-refractivity contribution is -0.137. The molecule has 0 aliphatic rings. The lowest BCUT2D eigenvalue weighted by Gasteiger charge is -2.16. The minimum Gasteiger partial charge on any atom is -0.768 e. The Morgan fingerprint density at radius 1 is 1.20 bits per heavy atom. The van der Waals surface area contributed by atoms with Gasteiger partial charge in [-0.3, -0.25) is 8.89 Å². The molecule has 0 saturated heterocycles. The maximum Gasteiger partial charge on any atom is 0.419 e. The van der Waals surface area contributed by atoms with Crippen LogP contribution in [0.4, 0.5) is 24.8 Å². The van der Waals surface area contributed by atoms with E-state index in [1.54, 1.807) is 13.8 Å². The average molecular weight is 440 g/mol. The van der Waals surface area contributed by atoms with E-state index in [1.165, 1.54) is 41.3 Å². The van der Waals surface area contributed by atoms with Gasteiger partial charge in [0.2, 0.25) is 5.95 Å². The van der Waals surface area contributed by atoms with Gasteiger partial charge in [-0.05, 0) is 49.2 Å². The fourth-order valence-corrected chi connectivity index (χ4v) is 2.98. The number of nitrogens with one attached hydrogen (secondary N) is 1. The van der Waals surface area contributed by atoms with E-state index in [0.717, 1.165) is 0 Å². The highest BCUT2D eigenvalue weighted by molar-refractivity contribution is 7.79. The summed E-state index contributed by atoms with van der Waals surface area (Å²) in [5.74, 6) is -0.107. The van der Waals surface area contributed by atoms with E-state index < -0.39 is 28.4 Å². The lowest BCUT2D eigenvalue weighted by atomic mass is 10.1. The van der Waals surface area contributed by atoms with Crippen LogP contribution in [0.3, 0.4) is 0 Å². The molecular formula is C18H17F3N5O3S-. The summed E-state index contributed by atoms with van der Waals surface area (Å²) in [6.45, 7) is 3.18.